The number of carbonyl (C=O) groups is 1. The molecule has 5 heteroatoms. The standard InChI is InChI=1S/C11H16N2O2S/c14-7-6-13-11(15)10-4-3-9(16-10)8-2-1-5-12-8/h3-4,8,12,14H,1-2,5-7H2,(H,13,15). The first-order chi connectivity index (χ1) is 7.81. The molecule has 0 aliphatic carbocycles. The van der Waals surface area contributed by atoms with Crippen LogP contribution in [0.3, 0.4) is 0 Å². The molecule has 0 spiro atoms. The highest BCUT2D eigenvalue weighted by atomic mass is 32.1. The minimum Gasteiger partial charge on any atom is -0.395 e. The summed E-state index contributed by atoms with van der Waals surface area (Å²) in [5.74, 6) is -0.0942. The molecule has 2 rings (SSSR count). The van der Waals surface area contributed by atoms with E-state index in [9.17, 15) is 4.79 Å². The summed E-state index contributed by atoms with van der Waals surface area (Å²) in [6.07, 6.45) is 2.35. The Morgan fingerprint density at radius 2 is 2.50 bits per heavy atom. The van der Waals surface area contributed by atoms with Crippen LogP contribution in [0.4, 0.5) is 0 Å². The zero-order valence-electron chi connectivity index (χ0n) is 9.03. The van der Waals surface area contributed by atoms with Crippen molar-refractivity contribution in [1.29, 1.82) is 0 Å². The van der Waals surface area contributed by atoms with Crippen LogP contribution in [0.1, 0.15) is 33.4 Å². The first kappa shape index (κ1) is 11.6. The zero-order valence-corrected chi connectivity index (χ0v) is 9.85. The van der Waals surface area contributed by atoms with Gasteiger partial charge in [-0.3, -0.25) is 4.79 Å². The van der Waals surface area contributed by atoms with Gasteiger partial charge in [-0.1, -0.05) is 0 Å². The van der Waals surface area contributed by atoms with E-state index in [1.165, 1.54) is 22.6 Å². The van der Waals surface area contributed by atoms with Crippen molar-refractivity contribution in [3.8, 4) is 0 Å². The van der Waals surface area contributed by atoms with Crippen LogP contribution >= 0.6 is 11.3 Å². The maximum absolute atomic E-state index is 11.6. The first-order valence-corrected chi connectivity index (χ1v) is 6.35. The van der Waals surface area contributed by atoms with E-state index in [-0.39, 0.29) is 12.5 Å². The molecule has 0 saturated carbocycles. The lowest BCUT2D eigenvalue weighted by Gasteiger charge is -2.05. The fourth-order valence-corrected chi connectivity index (χ4v) is 2.88. The summed E-state index contributed by atoms with van der Waals surface area (Å²) in [7, 11) is 0. The Hall–Kier alpha value is -0.910. The molecule has 0 radical (unpaired) electrons. The molecule has 1 saturated heterocycles. The molecule has 0 bridgehead atoms. The normalized spacial score (nSPS) is 19.9. The lowest BCUT2D eigenvalue weighted by atomic mass is 10.2. The number of hydrogen-bond donors (Lipinski definition) is 3. The number of aliphatic hydroxyl groups is 1. The van der Waals surface area contributed by atoms with E-state index in [2.05, 4.69) is 10.6 Å². The molecule has 1 aromatic rings. The maximum Gasteiger partial charge on any atom is 0.261 e. The molecule has 4 nitrogen and oxygen atoms in total. The molecule has 0 aromatic carbocycles. The third-order valence-corrected chi connectivity index (χ3v) is 3.85. The average Bonchev–Trinajstić information content (AvgIpc) is 2.94. The van der Waals surface area contributed by atoms with Gasteiger partial charge in [0.25, 0.3) is 5.91 Å². The molecule has 1 aliphatic rings. The van der Waals surface area contributed by atoms with E-state index in [0.29, 0.717) is 12.6 Å². The fraction of sp³-hybridized carbons (Fsp3) is 0.545. The summed E-state index contributed by atoms with van der Waals surface area (Å²) < 4.78 is 0. The van der Waals surface area contributed by atoms with E-state index in [0.717, 1.165) is 17.8 Å². The summed E-state index contributed by atoms with van der Waals surface area (Å²) in [5, 5.41) is 14.7. The third-order valence-electron chi connectivity index (χ3n) is 2.65. The van der Waals surface area contributed by atoms with Gasteiger partial charge < -0.3 is 15.7 Å². The van der Waals surface area contributed by atoms with Gasteiger partial charge in [-0.2, -0.15) is 0 Å². The molecule has 1 aliphatic heterocycles. The smallest absolute Gasteiger partial charge is 0.261 e. The van der Waals surface area contributed by atoms with Crippen LogP contribution in [-0.2, 0) is 0 Å². The van der Waals surface area contributed by atoms with Crippen molar-refractivity contribution in [3.05, 3.63) is 21.9 Å². The fourth-order valence-electron chi connectivity index (χ4n) is 1.85. The molecule has 2 heterocycles. The molecule has 1 amide bonds. The Morgan fingerprint density at radius 3 is 3.19 bits per heavy atom. The molecule has 3 N–H and O–H groups in total. The molecule has 1 unspecified atom stereocenters. The summed E-state index contributed by atoms with van der Waals surface area (Å²) in [5.41, 5.74) is 0. The second-order valence-corrected chi connectivity index (χ2v) is 4.95. The lowest BCUT2D eigenvalue weighted by Crippen LogP contribution is -2.25. The Kier molecular flexibility index (Phi) is 3.93. The Labute approximate surface area is 98.7 Å². The van der Waals surface area contributed by atoms with Crippen LogP contribution in [0.5, 0.6) is 0 Å². The van der Waals surface area contributed by atoms with Gasteiger partial charge in [0.05, 0.1) is 11.5 Å². The summed E-state index contributed by atoms with van der Waals surface area (Å²) in [6.45, 7) is 1.36. The third kappa shape index (κ3) is 2.61. The van der Waals surface area contributed by atoms with Crippen LogP contribution in [0.15, 0.2) is 12.1 Å². The largest absolute Gasteiger partial charge is 0.395 e. The van der Waals surface area contributed by atoms with Gasteiger partial charge in [0.1, 0.15) is 0 Å². The van der Waals surface area contributed by atoms with Crippen LogP contribution in [0.25, 0.3) is 0 Å². The van der Waals surface area contributed by atoms with E-state index in [4.69, 9.17) is 5.11 Å². The van der Waals surface area contributed by atoms with Crippen LogP contribution < -0.4 is 10.6 Å². The van der Waals surface area contributed by atoms with Crippen molar-refractivity contribution in [1.82, 2.24) is 10.6 Å². The SMILES string of the molecule is O=C(NCCO)c1ccc(C2CCCN2)s1. The number of carbonyl (C=O) groups excluding carboxylic acids is 1. The monoisotopic (exact) mass is 240 g/mol. The van der Waals surface area contributed by atoms with Gasteiger partial charge >= 0.3 is 0 Å². The lowest BCUT2D eigenvalue weighted by molar-refractivity contribution is 0.0949. The average molecular weight is 240 g/mol. The van der Waals surface area contributed by atoms with Crippen molar-refractivity contribution >= 4 is 17.2 Å². The predicted octanol–water partition coefficient (Wildman–Crippen LogP) is 0.895. The summed E-state index contributed by atoms with van der Waals surface area (Å²) >= 11 is 1.53. The van der Waals surface area contributed by atoms with Crippen molar-refractivity contribution < 1.29 is 9.90 Å². The van der Waals surface area contributed by atoms with Crippen molar-refractivity contribution in [2.45, 2.75) is 18.9 Å². The highest BCUT2D eigenvalue weighted by Gasteiger charge is 2.19. The number of nitrogens with one attached hydrogen (secondary N) is 2. The van der Waals surface area contributed by atoms with Crippen molar-refractivity contribution in [2.24, 2.45) is 0 Å². The van der Waals surface area contributed by atoms with E-state index in [1.807, 2.05) is 12.1 Å². The number of rotatable bonds is 4. The van der Waals surface area contributed by atoms with Crippen molar-refractivity contribution in [3.63, 3.8) is 0 Å². The first-order valence-electron chi connectivity index (χ1n) is 5.53. The number of hydrogen-bond acceptors (Lipinski definition) is 4. The highest BCUT2D eigenvalue weighted by Crippen LogP contribution is 2.29. The van der Waals surface area contributed by atoms with Gasteiger partial charge in [0.2, 0.25) is 0 Å². The molecule has 1 aromatic heterocycles. The number of thiophene rings is 1. The van der Waals surface area contributed by atoms with Gasteiger partial charge in [-0.05, 0) is 31.5 Å². The Balaban J connectivity index is 1.98. The topological polar surface area (TPSA) is 61.4 Å². The minimum absolute atomic E-state index is 0.0197. The number of aliphatic hydroxyl groups excluding tert-OH is 1. The molecule has 1 atom stereocenters. The summed E-state index contributed by atoms with van der Waals surface area (Å²) in [6, 6.07) is 4.29. The van der Waals surface area contributed by atoms with Gasteiger partial charge in [-0.15, -0.1) is 11.3 Å². The Morgan fingerprint density at radius 1 is 1.62 bits per heavy atom. The van der Waals surface area contributed by atoms with Crippen LogP contribution in [0.2, 0.25) is 0 Å². The highest BCUT2D eigenvalue weighted by molar-refractivity contribution is 7.14. The minimum atomic E-state index is -0.0942. The van der Waals surface area contributed by atoms with Gasteiger partial charge in [0, 0.05) is 17.5 Å². The van der Waals surface area contributed by atoms with Gasteiger partial charge in [0.15, 0.2) is 0 Å². The van der Waals surface area contributed by atoms with E-state index in [1.54, 1.807) is 0 Å². The number of amides is 1. The van der Waals surface area contributed by atoms with Crippen molar-refractivity contribution in [2.75, 3.05) is 19.7 Å². The van der Waals surface area contributed by atoms with Crippen LogP contribution in [0, 0.1) is 0 Å². The Bertz CT molecular complexity index is 359. The molecular weight excluding hydrogens is 224 g/mol. The molecule has 16 heavy (non-hydrogen) atoms. The molecule has 88 valence electrons. The second-order valence-electron chi connectivity index (χ2n) is 3.83. The zero-order chi connectivity index (χ0) is 11.4. The maximum atomic E-state index is 11.6. The molecule has 1 fully saturated rings. The van der Waals surface area contributed by atoms with E-state index >= 15 is 0 Å². The van der Waals surface area contributed by atoms with Gasteiger partial charge in [-0.25, -0.2) is 0 Å². The second kappa shape index (κ2) is 5.43. The van der Waals surface area contributed by atoms with E-state index < -0.39 is 0 Å². The predicted molar refractivity (Wildman–Crippen MR) is 63.7 cm³/mol. The quantitative estimate of drug-likeness (QED) is 0.732. The van der Waals surface area contributed by atoms with Crippen LogP contribution in [-0.4, -0.2) is 30.7 Å². The summed E-state index contributed by atoms with van der Waals surface area (Å²) in [4.78, 5) is 13.5. The molecular formula is C11H16N2O2S.